The lowest BCUT2D eigenvalue weighted by Crippen LogP contribution is -2.31. The predicted molar refractivity (Wildman–Crippen MR) is 97.0 cm³/mol. The van der Waals surface area contributed by atoms with Crippen LogP contribution in [0, 0.1) is 0 Å². The summed E-state index contributed by atoms with van der Waals surface area (Å²) in [5.74, 6) is 0.380. The minimum absolute atomic E-state index is 0.203. The first-order valence-corrected chi connectivity index (χ1v) is 7.75. The molecule has 7 heteroatoms. The Morgan fingerprint density at radius 2 is 1.79 bits per heavy atom. The molecule has 7 nitrogen and oxygen atoms in total. The van der Waals surface area contributed by atoms with Crippen LogP contribution in [0.2, 0.25) is 0 Å². The van der Waals surface area contributed by atoms with Gasteiger partial charge in [0, 0.05) is 44.6 Å². The van der Waals surface area contributed by atoms with Gasteiger partial charge < -0.3 is 20.4 Å². The lowest BCUT2D eigenvalue weighted by molar-refractivity contribution is 0.0946. The van der Waals surface area contributed by atoms with Gasteiger partial charge >= 0.3 is 0 Å². The van der Waals surface area contributed by atoms with Crippen molar-refractivity contribution < 1.29 is 4.79 Å². The summed E-state index contributed by atoms with van der Waals surface area (Å²) >= 11 is 0. The highest BCUT2D eigenvalue weighted by molar-refractivity contribution is 5.92. The number of benzene rings is 1. The fraction of sp³-hybridized carbons (Fsp3) is 0.353. The molecular weight excluding hydrogens is 304 g/mol. The molecule has 2 N–H and O–H groups in total. The quantitative estimate of drug-likeness (QED) is 0.804. The summed E-state index contributed by atoms with van der Waals surface area (Å²) in [6.45, 7) is 1.35. The average molecular weight is 328 g/mol. The first-order chi connectivity index (χ1) is 11.5. The van der Waals surface area contributed by atoms with Gasteiger partial charge in [-0.05, 0) is 38.4 Å². The molecule has 128 valence electrons. The summed E-state index contributed by atoms with van der Waals surface area (Å²) in [7, 11) is 7.91. The maximum absolute atomic E-state index is 12.1. The lowest BCUT2D eigenvalue weighted by Gasteiger charge is -2.13. The van der Waals surface area contributed by atoms with Gasteiger partial charge in [0.25, 0.3) is 5.91 Å². The molecule has 2 aromatic rings. The van der Waals surface area contributed by atoms with E-state index >= 15 is 0 Å². The van der Waals surface area contributed by atoms with E-state index in [9.17, 15) is 4.79 Å². The molecule has 0 atom stereocenters. The van der Waals surface area contributed by atoms with Crippen molar-refractivity contribution in [1.29, 1.82) is 0 Å². The number of aromatic nitrogens is 2. The van der Waals surface area contributed by atoms with Crippen molar-refractivity contribution in [3.63, 3.8) is 0 Å². The number of likely N-dealkylation sites (N-methyl/N-ethyl adjacent to an activating group) is 1. The van der Waals surface area contributed by atoms with Gasteiger partial charge in [0.05, 0.1) is 0 Å². The van der Waals surface area contributed by atoms with Crippen LogP contribution in [0.5, 0.6) is 0 Å². The molecule has 1 aromatic carbocycles. The SMILES string of the molecule is CN(C)CCNC(=O)c1cc(Nc2ccc(N(C)C)cc2)ncn1. The van der Waals surface area contributed by atoms with Gasteiger partial charge in [0.15, 0.2) is 0 Å². The highest BCUT2D eigenvalue weighted by Crippen LogP contribution is 2.19. The zero-order chi connectivity index (χ0) is 17.5. The van der Waals surface area contributed by atoms with E-state index in [1.807, 2.05) is 62.3 Å². The molecule has 2 rings (SSSR count). The topological polar surface area (TPSA) is 73.4 Å². The van der Waals surface area contributed by atoms with Crippen molar-refractivity contribution in [3.8, 4) is 0 Å². The minimum atomic E-state index is -0.203. The number of carbonyl (C=O) groups is 1. The Bertz CT molecular complexity index is 669. The molecule has 1 aromatic heterocycles. The van der Waals surface area contributed by atoms with E-state index < -0.39 is 0 Å². The first-order valence-electron chi connectivity index (χ1n) is 7.75. The zero-order valence-electron chi connectivity index (χ0n) is 14.6. The average Bonchev–Trinajstić information content (AvgIpc) is 2.55. The van der Waals surface area contributed by atoms with E-state index in [1.165, 1.54) is 6.33 Å². The second kappa shape index (κ2) is 8.26. The summed E-state index contributed by atoms with van der Waals surface area (Å²) in [5.41, 5.74) is 2.36. The van der Waals surface area contributed by atoms with Gasteiger partial charge in [-0.3, -0.25) is 4.79 Å². The summed E-state index contributed by atoms with van der Waals surface area (Å²) < 4.78 is 0. The third-order valence-electron chi connectivity index (χ3n) is 3.40. The van der Waals surface area contributed by atoms with Gasteiger partial charge in [0.2, 0.25) is 0 Å². The summed E-state index contributed by atoms with van der Waals surface area (Å²) in [4.78, 5) is 24.3. The molecular formula is C17H24N6O. The smallest absolute Gasteiger partial charge is 0.270 e. The van der Waals surface area contributed by atoms with Crippen molar-refractivity contribution in [1.82, 2.24) is 20.2 Å². The molecule has 0 aliphatic rings. The van der Waals surface area contributed by atoms with Crippen LogP contribution in [0.15, 0.2) is 36.7 Å². The number of amides is 1. The highest BCUT2D eigenvalue weighted by atomic mass is 16.1. The number of nitrogens with zero attached hydrogens (tertiary/aromatic N) is 4. The van der Waals surface area contributed by atoms with Gasteiger partial charge in [-0.1, -0.05) is 0 Å². The van der Waals surface area contributed by atoms with Crippen molar-refractivity contribution in [2.75, 3.05) is 51.5 Å². The standard InChI is InChI=1S/C17H24N6O/c1-22(2)10-9-18-17(24)15-11-16(20-12-19-15)21-13-5-7-14(8-6-13)23(3)4/h5-8,11-12H,9-10H2,1-4H3,(H,18,24)(H,19,20,21). The maximum atomic E-state index is 12.1. The number of nitrogens with one attached hydrogen (secondary N) is 2. The molecule has 0 spiro atoms. The van der Waals surface area contributed by atoms with Crippen LogP contribution >= 0.6 is 0 Å². The molecule has 1 amide bonds. The van der Waals surface area contributed by atoms with Crippen LogP contribution in [-0.4, -0.2) is 62.1 Å². The normalized spacial score (nSPS) is 10.5. The van der Waals surface area contributed by atoms with Crippen LogP contribution in [0.25, 0.3) is 0 Å². The predicted octanol–water partition coefficient (Wildman–Crippen LogP) is 1.58. The van der Waals surface area contributed by atoms with E-state index in [1.54, 1.807) is 6.07 Å². The number of anilines is 3. The van der Waals surface area contributed by atoms with Gasteiger partial charge in [-0.15, -0.1) is 0 Å². The second-order valence-electron chi connectivity index (χ2n) is 5.91. The number of hydrogen-bond donors (Lipinski definition) is 2. The van der Waals surface area contributed by atoms with Crippen LogP contribution < -0.4 is 15.5 Å². The molecule has 0 saturated carbocycles. The van der Waals surface area contributed by atoms with Crippen molar-refractivity contribution in [2.24, 2.45) is 0 Å². The molecule has 1 heterocycles. The maximum Gasteiger partial charge on any atom is 0.270 e. The van der Waals surface area contributed by atoms with E-state index in [-0.39, 0.29) is 5.91 Å². The van der Waals surface area contributed by atoms with Crippen LogP contribution in [0.3, 0.4) is 0 Å². The highest BCUT2D eigenvalue weighted by Gasteiger charge is 2.08. The van der Waals surface area contributed by atoms with E-state index in [4.69, 9.17) is 0 Å². The fourth-order valence-corrected chi connectivity index (χ4v) is 2.02. The van der Waals surface area contributed by atoms with Crippen LogP contribution in [0.1, 0.15) is 10.5 Å². The number of carbonyl (C=O) groups excluding carboxylic acids is 1. The fourth-order valence-electron chi connectivity index (χ4n) is 2.02. The first kappa shape index (κ1) is 17.7. The van der Waals surface area contributed by atoms with Crippen molar-refractivity contribution >= 4 is 23.1 Å². The van der Waals surface area contributed by atoms with Crippen molar-refractivity contribution in [3.05, 3.63) is 42.4 Å². The molecule has 0 aliphatic heterocycles. The Morgan fingerprint density at radius 3 is 2.42 bits per heavy atom. The van der Waals surface area contributed by atoms with Crippen molar-refractivity contribution in [2.45, 2.75) is 0 Å². The Balaban J connectivity index is 2.00. The van der Waals surface area contributed by atoms with E-state index in [2.05, 4.69) is 20.6 Å². The number of hydrogen-bond acceptors (Lipinski definition) is 6. The molecule has 0 fully saturated rings. The summed E-state index contributed by atoms with van der Waals surface area (Å²) in [6, 6.07) is 9.60. The molecule has 0 bridgehead atoms. The van der Waals surface area contributed by atoms with Crippen LogP contribution in [0.4, 0.5) is 17.2 Å². The molecule has 24 heavy (non-hydrogen) atoms. The third-order valence-corrected chi connectivity index (χ3v) is 3.40. The molecule has 0 saturated heterocycles. The monoisotopic (exact) mass is 328 g/mol. The Morgan fingerprint density at radius 1 is 1.08 bits per heavy atom. The Hall–Kier alpha value is -2.67. The van der Waals surface area contributed by atoms with E-state index in [0.29, 0.717) is 18.1 Å². The molecule has 0 unspecified atom stereocenters. The summed E-state index contributed by atoms with van der Waals surface area (Å²) in [6.07, 6.45) is 1.39. The lowest BCUT2D eigenvalue weighted by atomic mass is 10.2. The van der Waals surface area contributed by atoms with Gasteiger partial charge in [-0.25, -0.2) is 9.97 Å². The molecule has 0 aliphatic carbocycles. The second-order valence-corrected chi connectivity index (χ2v) is 5.91. The van der Waals surface area contributed by atoms with E-state index in [0.717, 1.165) is 17.9 Å². The minimum Gasteiger partial charge on any atom is -0.378 e. The Labute approximate surface area is 142 Å². The van der Waals surface area contributed by atoms with Gasteiger partial charge in [0.1, 0.15) is 17.8 Å². The number of rotatable bonds is 7. The zero-order valence-corrected chi connectivity index (χ0v) is 14.6. The van der Waals surface area contributed by atoms with Gasteiger partial charge in [-0.2, -0.15) is 0 Å². The Kier molecular flexibility index (Phi) is 6.08. The molecule has 0 radical (unpaired) electrons. The third kappa shape index (κ3) is 5.20. The summed E-state index contributed by atoms with van der Waals surface area (Å²) in [5, 5.41) is 6.02. The largest absolute Gasteiger partial charge is 0.378 e. The van der Waals surface area contributed by atoms with Crippen LogP contribution in [-0.2, 0) is 0 Å².